The summed E-state index contributed by atoms with van der Waals surface area (Å²) in [6.07, 6.45) is 1.25. The van der Waals surface area contributed by atoms with E-state index in [2.05, 4.69) is 0 Å². The van der Waals surface area contributed by atoms with Crippen LogP contribution in [0, 0.1) is 0 Å². The average molecular weight is 240 g/mol. The van der Waals surface area contributed by atoms with Crippen LogP contribution in [0.25, 0.3) is 0 Å². The summed E-state index contributed by atoms with van der Waals surface area (Å²) < 4.78 is 15.7. The number of hydrogen-bond acceptors (Lipinski definition) is 4. The van der Waals surface area contributed by atoms with Gasteiger partial charge in [-0.05, 0) is 12.8 Å². The van der Waals surface area contributed by atoms with Crippen molar-refractivity contribution in [2.75, 3.05) is 5.75 Å². The largest absolute Gasteiger partial charge is 0.326 e. The van der Waals surface area contributed by atoms with Gasteiger partial charge >= 0.3 is 8.25 Å². The van der Waals surface area contributed by atoms with Gasteiger partial charge in [0.25, 0.3) is 0 Å². The lowest BCUT2D eigenvalue weighted by Gasteiger charge is -2.29. The molecule has 0 heterocycles. The third-order valence-electron chi connectivity index (χ3n) is 2.13. The van der Waals surface area contributed by atoms with Gasteiger partial charge in [0, 0.05) is 12.7 Å². The van der Waals surface area contributed by atoms with E-state index in [1.54, 1.807) is 0 Å². The van der Waals surface area contributed by atoms with Gasteiger partial charge in [-0.1, -0.05) is 25.6 Å². The van der Waals surface area contributed by atoms with E-state index in [-0.39, 0.29) is 5.12 Å². The lowest BCUT2D eigenvalue weighted by Crippen LogP contribution is -2.32. The third kappa shape index (κ3) is 5.15. The highest BCUT2D eigenvalue weighted by molar-refractivity contribution is 8.13. The Bertz CT molecular complexity index is 215. The minimum Gasteiger partial charge on any atom is -0.326 e. The highest BCUT2D eigenvalue weighted by Gasteiger charge is 2.29. The Morgan fingerprint density at radius 3 is 2.29 bits per heavy atom. The van der Waals surface area contributed by atoms with Crippen molar-refractivity contribution < 1.29 is 18.8 Å². The predicted octanol–water partition coefficient (Wildman–Crippen LogP) is 2.22. The van der Waals surface area contributed by atoms with E-state index in [1.807, 2.05) is 13.8 Å². The molecule has 14 heavy (non-hydrogen) atoms. The summed E-state index contributed by atoms with van der Waals surface area (Å²) in [6.45, 7) is 5.24. The summed E-state index contributed by atoms with van der Waals surface area (Å²) in [5.74, 6) is 0.437. The van der Waals surface area contributed by atoms with Gasteiger partial charge in [0.15, 0.2) is 5.12 Å². The highest BCUT2D eigenvalue weighted by Crippen LogP contribution is 2.34. The first-order valence-electron chi connectivity index (χ1n) is 4.51. The van der Waals surface area contributed by atoms with E-state index in [0.29, 0.717) is 18.6 Å². The normalized spacial score (nSPS) is 14.0. The first kappa shape index (κ1) is 14.2. The van der Waals surface area contributed by atoms with Crippen molar-refractivity contribution in [3.8, 4) is 0 Å². The molecule has 1 atom stereocenters. The second-order valence-electron chi connectivity index (χ2n) is 3.04. The molecule has 0 radical (unpaired) electrons. The minimum atomic E-state index is -2.94. The third-order valence-corrected chi connectivity index (χ3v) is 3.82. The Hall–Kier alpha value is 0.170. The Morgan fingerprint density at radius 2 is 2.00 bits per heavy atom. The SMILES string of the molecule is CCC(CC)(CSC(C)=O)O[PH](=O)O. The van der Waals surface area contributed by atoms with Crippen LogP contribution in [-0.2, 0) is 13.9 Å². The van der Waals surface area contributed by atoms with Crippen molar-refractivity contribution in [3.05, 3.63) is 0 Å². The molecule has 0 aromatic carbocycles. The molecule has 1 unspecified atom stereocenters. The monoisotopic (exact) mass is 240 g/mol. The van der Waals surface area contributed by atoms with Crippen molar-refractivity contribution in [3.63, 3.8) is 0 Å². The van der Waals surface area contributed by atoms with Gasteiger partial charge in [0.1, 0.15) is 0 Å². The van der Waals surface area contributed by atoms with Crippen LogP contribution in [-0.4, -0.2) is 21.4 Å². The van der Waals surface area contributed by atoms with Crippen LogP contribution in [0.1, 0.15) is 33.6 Å². The second kappa shape index (κ2) is 6.62. The van der Waals surface area contributed by atoms with Gasteiger partial charge in [0.2, 0.25) is 0 Å². The van der Waals surface area contributed by atoms with Gasteiger partial charge in [0.05, 0.1) is 5.60 Å². The second-order valence-corrected chi connectivity index (χ2v) is 4.93. The number of thioether (sulfide) groups is 1. The molecule has 0 amide bonds. The summed E-state index contributed by atoms with van der Waals surface area (Å²) in [4.78, 5) is 19.5. The summed E-state index contributed by atoms with van der Waals surface area (Å²) in [6, 6.07) is 0. The van der Waals surface area contributed by atoms with Crippen LogP contribution < -0.4 is 0 Å². The van der Waals surface area contributed by atoms with Crippen molar-refractivity contribution in [1.29, 1.82) is 0 Å². The molecule has 1 N–H and O–H groups in total. The maximum Gasteiger partial charge on any atom is 0.317 e. The Kier molecular flexibility index (Phi) is 6.70. The first-order chi connectivity index (χ1) is 6.45. The summed E-state index contributed by atoms with van der Waals surface area (Å²) in [5, 5.41) is -0.00233. The van der Waals surface area contributed by atoms with Crippen LogP contribution in [0.5, 0.6) is 0 Å². The van der Waals surface area contributed by atoms with Gasteiger partial charge in [-0.3, -0.25) is 9.36 Å². The fraction of sp³-hybridized carbons (Fsp3) is 0.875. The van der Waals surface area contributed by atoms with Gasteiger partial charge in [-0.15, -0.1) is 0 Å². The van der Waals surface area contributed by atoms with Crippen LogP contribution >= 0.6 is 20.0 Å². The molecule has 0 fully saturated rings. The number of hydrogen-bond donors (Lipinski definition) is 1. The first-order valence-corrected chi connectivity index (χ1v) is 6.76. The topological polar surface area (TPSA) is 63.6 Å². The minimum absolute atomic E-state index is 0.00233. The van der Waals surface area contributed by atoms with E-state index >= 15 is 0 Å². The van der Waals surface area contributed by atoms with E-state index in [9.17, 15) is 9.36 Å². The molecule has 0 bridgehead atoms. The van der Waals surface area contributed by atoms with Gasteiger partial charge < -0.3 is 9.42 Å². The zero-order valence-corrected chi connectivity index (χ0v) is 10.5. The number of carbonyl (C=O) groups is 1. The quantitative estimate of drug-likeness (QED) is 0.721. The Balaban J connectivity index is 4.36. The summed E-state index contributed by atoms with van der Waals surface area (Å²) >= 11 is 1.13. The Labute approximate surface area is 89.4 Å². The van der Waals surface area contributed by atoms with Crippen molar-refractivity contribution in [2.45, 2.75) is 39.2 Å². The molecule has 0 saturated carbocycles. The molecule has 0 spiro atoms. The van der Waals surface area contributed by atoms with Gasteiger partial charge in [-0.25, -0.2) is 0 Å². The Morgan fingerprint density at radius 1 is 1.50 bits per heavy atom. The molecule has 0 saturated heterocycles. The maximum absolute atomic E-state index is 10.8. The van der Waals surface area contributed by atoms with Crippen LogP contribution in [0.15, 0.2) is 0 Å². The number of carbonyl (C=O) groups excluding carboxylic acids is 1. The van der Waals surface area contributed by atoms with Crippen molar-refractivity contribution >= 4 is 25.1 Å². The van der Waals surface area contributed by atoms with Crippen LogP contribution in [0.4, 0.5) is 0 Å². The van der Waals surface area contributed by atoms with E-state index in [0.717, 1.165) is 11.8 Å². The molecule has 0 aliphatic heterocycles. The predicted molar refractivity (Wildman–Crippen MR) is 58.8 cm³/mol. The zero-order chi connectivity index (χ0) is 11.2. The van der Waals surface area contributed by atoms with Crippen LogP contribution in [0.2, 0.25) is 0 Å². The average Bonchev–Trinajstić information content (AvgIpc) is 2.11. The summed E-state index contributed by atoms with van der Waals surface area (Å²) in [5.41, 5.74) is -0.638. The highest BCUT2D eigenvalue weighted by atomic mass is 32.2. The summed E-state index contributed by atoms with van der Waals surface area (Å²) in [7, 11) is -2.94. The molecular formula is C8H17O4PS. The number of rotatable bonds is 6. The maximum atomic E-state index is 10.8. The molecule has 0 aliphatic carbocycles. The molecule has 84 valence electrons. The molecule has 4 nitrogen and oxygen atoms in total. The molecule has 0 aromatic rings. The van der Waals surface area contributed by atoms with Crippen molar-refractivity contribution in [1.82, 2.24) is 0 Å². The smallest absolute Gasteiger partial charge is 0.317 e. The van der Waals surface area contributed by atoms with E-state index in [4.69, 9.17) is 9.42 Å². The lowest BCUT2D eigenvalue weighted by atomic mass is 10.0. The molecule has 6 heteroatoms. The molecular weight excluding hydrogens is 223 g/mol. The van der Waals surface area contributed by atoms with Crippen molar-refractivity contribution in [2.24, 2.45) is 0 Å². The van der Waals surface area contributed by atoms with E-state index < -0.39 is 13.9 Å². The lowest BCUT2D eigenvalue weighted by molar-refractivity contribution is -0.109. The molecule has 0 aliphatic rings. The fourth-order valence-corrected chi connectivity index (χ4v) is 2.82. The molecule has 0 aromatic heterocycles. The van der Waals surface area contributed by atoms with E-state index in [1.165, 1.54) is 6.92 Å². The van der Waals surface area contributed by atoms with Crippen LogP contribution in [0.3, 0.4) is 0 Å². The standard InChI is InChI=1S/C8H17O4PS/c1-4-8(5-2,12-13(10)11)6-14-7(3)9/h13H,4-6H2,1-3H3,(H,10,11). The molecule has 0 rings (SSSR count). The van der Waals surface area contributed by atoms with Gasteiger partial charge in [-0.2, -0.15) is 0 Å². The zero-order valence-electron chi connectivity index (χ0n) is 8.70. The fourth-order valence-electron chi connectivity index (χ4n) is 1.05.